The SMILES string of the molecule is COc1cc(F)c(CCCCC(=O)O)c(F)c1. The van der Waals surface area contributed by atoms with Gasteiger partial charge in [-0.1, -0.05) is 0 Å². The molecule has 1 aromatic rings. The maximum Gasteiger partial charge on any atom is 0.303 e. The van der Waals surface area contributed by atoms with E-state index in [9.17, 15) is 13.6 Å². The van der Waals surface area contributed by atoms with Gasteiger partial charge in [0.15, 0.2) is 0 Å². The number of ether oxygens (including phenoxy) is 1. The van der Waals surface area contributed by atoms with Crippen molar-refractivity contribution in [1.82, 2.24) is 0 Å². The lowest BCUT2D eigenvalue weighted by atomic mass is 10.1. The van der Waals surface area contributed by atoms with Gasteiger partial charge in [0.05, 0.1) is 7.11 Å². The van der Waals surface area contributed by atoms with E-state index in [2.05, 4.69) is 0 Å². The first kappa shape index (κ1) is 13.4. The van der Waals surface area contributed by atoms with E-state index in [4.69, 9.17) is 9.84 Å². The summed E-state index contributed by atoms with van der Waals surface area (Å²) in [6.45, 7) is 0. The average Bonchev–Trinajstić information content (AvgIpc) is 2.26. The van der Waals surface area contributed by atoms with Crippen LogP contribution in [0.4, 0.5) is 8.78 Å². The van der Waals surface area contributed by atoms with Crippen LogP contribution in [-0.4, -0.2) is 18.2 Å². The Hall–Kier alpha value is -1.65. The fourth-order valence-electron chi connectivity index (χ4n) is 1.51. The lowest BCUT2D eigenvalue weighted by molar-refractivity contribution is -0.137. The Bertz CT molecular complexity index is 382. The smallest absolute Gasteiger partial charge is 0.303 e. The van der Waals surface area contributed by atoms with Crippen LogP contribution in [-0.2, 0) is 11.2 Å². The number of benzene rings is 1. The second-order valence-electron chi connectivity index (χ2n) is 3.67. The minimum atomic E-state index is -0.902. The maximum absolute atomic E-state index is 13.4. The van der Waals surface area contributed by atoms with Crippen LogP contribution in [0.3, 0.4) is 0 Å². The molecule has 1 aromatic carbocycles. The molecule has 17 heavy (non-hydrogen) atoms. The Morgan fingerprint density at radius 3 is 2.35 bits per heavy atom. The molecule has 0 bridgehead atoms. The zero-order valence-corrected chi connectivity index (χ0v) is 9.50. The molecular formula is C12H14F2O3. The summed E-state index contributed by atoms with van der Waals surface area (Å²) >= 11 is 0. The lowest BCUT2D eigenvalue weighted by Gasteiger charge is -2.07. The molecule has 0 spiro atoms. The van der Waals surface area contributed by atoms with Gasteiger partial charge in [-0.25, -0.2) is 8.78 Å². The van der Waals surface area contributed by atoms with E-state index in [0.29, 0.717) is 12.8 Å². The normalized spacial score (nSPS) is 10.3. The van der Waals surface area contributed by atoms with Gasteiger partial charge in [-0.3, -0.25) is 4.79 Å². The molecule has 0 aliphatic rings. The van der Waals surface area contributed by atoms with Gasteiger partial charge >= 0.3 is 5.97 Å². The first-order valence-electron chi connectivity index (χ1n) is 5.28. The zero-order chi connectivity index (χ0) is 12.8. The number of carboxylic acid groups (broad SMARTS) is 1. The van der Waals surface area contributed by atoms with Crippen LogP contribution in [0, 0.1) is 11.6 Å². The van der Waals surface area contributed by atoms with Crippen LogP contribution >= 0.6 is 0 Å². The lowest BCUT2D eigenvalue weighted by Crippen LogP contribution is -1.99. The van der Waals surface area contributed by atoms with Crippen LogP contribution in [0.15, 0.2) is 12.1 Å². The summed E-state index contributed by atoms with van der Waals surface area (Å²) in [7, 11) is 1.33. The van der Waals surface area contributed by atoms with Gasteiger partial charge in [0, 0.05) is 24.1 Å². The minimum Gasteiger partial charge on any atom is -0.497 e. The van der Waals surface area contributed by atoms with E-state index in [1.807, 2.05) is 0 Å². The molecule has 0 unspecified atom stereocenters. The third kappa shape index (κ3) is 4.01. The summed E-state index contributed by atoms with van der Waals surface area (Å²) in [6, 6.07) is 2.24. The van der Waals surface area contributed by atoms with Crippen LogP contribution in [0.25, 0.3) is 0 Å². The quantitative estimate of drug-likeness (QED) is 0.783. The second kappa shape index (κ2) is 6.18. The molecule has 0 fully saturated rings. The van der Waals surface area contributed by atoms with Gasteiger partial charge in [-0.05, 0) is 19.3 Å². The van der Waals surface area contributed by atoms with Crippen LogP contribution < -0.4 is 4.74 Å². The Morgan fingerprint density at radius 2 is 1.88 bits per heavy atom. The first-order chi connectivity index (χ1) is 8.04. The van der Waals surface area contributed by atoms with E-state index < -0.39 is 17.6 Å². The van der Waals surface area contributed by atoms with Crippen molar-refractivity contribution in [2.24, 2.45) is 0 Å². The summed E-state index contributed by atoms with van der Waals surface area (Å²) in [5, 5.41) is 8.42. The maximum atomic E-state index is 13.4. The highest BCUT2D eigenvalue weighted by Crippen LogP contribution is 2.22. The molecule has 0 aliphatic heterocycles. The number of halogens is 2. The fraction of sp³-hybridized carbons (Fsp3) is 0.417. The van der Waals surface area contributed by atoms with Crippen molar-refractivity contribution in [3.05, 3.63) is 29.3 Å². The number of methoxy groups -OCH3 is 1. The summed E-state index contributed by atoms with van der Waals surface area (Å²) < 4.78 is 31.6. The molecule has 94 valence electrons. The Balaban J connectivity index is 2.62. The number of hydrogen-bond donors (Lipinski definition) is 1. The monoisotopic (exact) mass is 244 g/mol. The van der Waals surface area contributed by atoms with Gasteiger partial charge in [-0.2, -0.15) is 0 Å². The number of hydrogen-bond acceptors (Lipinski definition) is 2. The highest BCUT2D eigenvalue weighted by atomic mass is 19.1. The molecule has 0 saturated heterocycles. The van der Waals surface area contributed by atoms with Gasteiger partial charge in [0.2, 0.25) is 0 Å². The van der Waals surface area contributed by atoms with Gasteiger partial charge in [0.25, 0.3) is 0 Å². The largest absolute Gasteiger partial charge is 0.497 e. The van der Waals surface area contributed by atoms with Gasteiger partial charge < -0.3 is 9.84 Å². The molecule has 1 rings (SSSR count). The Morgan fingerprint density at radius 1 is 1.29 bits per heavy atom. The molecule has 3 nitrogen and oxygen atoms in total. The standard InChI is InChI=1S/C12H14F2O3/c1-17-8-6-10(13)9(11(14)7-8)4-2-3-5-12(15)16/h6-7H,2-5H2,1H3,(H,15,16). The topological polar surface area (TPSA) is 46.5 Å². The number of aliphatic carboxylic acids is 1. The van der Waals surface area contributed by atoms with E-state index in [1.165, 1.54) is 7.11 Å². The van der Waals surface area contributed by atoms with Crippen molar-refractivity contribution < 1.29 is 23.4 Å². The zero-order valence-electron chi connectivity index (χ0n) is 9.50. The van der Waals surface area contributed by atoms with E-state index in [0.717, 1.165) is 12.1 Å². The highest BCUT2D eigenvalue weighted by Gasteiger charge is 2.11. The third-order valence-corrected chi connectivity index (χ3v) is 2.42. The first-order valence-corrected chi connectivity index (χ1v) is 5.28. The summed E-state index contributed by atoms with van der Waals surface area (Å²) in [6.07, 6.45) is 1.04. The Labute approximate surface area is 98.0 Å². The van der Waals surface area contributed by atoms with E-state index in [1.54, 1.807) is 0 Å². The summed E-state index contributed by atoms with van der Waals surface area (Å²) in [5.41, 5.74) is -0.0174. The van der Waals surface area contributed by atoms with Gasteiger partial charge in [0.1, 0.15) is 17.4 Å². The molecule has 0 radical (unpaired) electrons. The predicted molar refractivity (Wildman–Crippen MR) is 58.1 cm³/mol. The number of rotatable bonds is 6. The van der Waals surface area contributed by atoms with Crippen molar-refractivity contribution in [3.8, 4) is 5.75 Å². The average molecular weight is 244 g/mol. The summed E-state index contributed by atoms with van der Waals surface area (Å²) in [5.74, 6) is -2.08. The van der Waals surface area contributed by atoms with E-state index in [-0.39, 0.29) is 24.2 Å². The third-order valence-electron chi connectivity index (χ3n) is 2.42. The second-order valence-corrected chi connectivity index (χ2v) is 3.67. The number of unbranched alkanes of at least 4 members (excludes halogenated alkanes) is 1. The van der Waals surface area contributed by atoms with Crippen LogP contribution in [0.2, 0.25) is 0 Å². The number of carboxylic acids is 1. The molecule has 0 saturated carbocycles. The molecule has 1 N–H and O–H groups in total. The molecule has 5 heteroatoms. The van der Waals surface area contributed by atoms with Crippen molar-refractivity contribution in [2.45, 2.75) is 25.7 Å². The predicted octanol–water partition coefficient (Wildman–Crippen LogP) is 2.77. The van der Waals surface area contributed by atoms with Crippen molar-refractivity contribution in [1.29, 1.82) is 0 Å². The van der Waals surface area contributed by atoms with E-state index >= 15 is 0 Å². The summed E-state index contributed by atoms with van der Waals surface area (Å²) in [4.78, 5) is 10.3. The number of carbonyl (C=O) groups is 1. The van der Waals surface area contributed by atoms with Crippen LogP contribution in [0.5, 0.6) is 5.75 Å². The van der Waals surface area contributed by atoms with Crippen molar-refractivity contribution in [3.63, 3.8) is 0 Å². The highest BCUT2D eigenvalue weighted by molar-refractivity contribution is 5.66. The minimum absolute atomic E-state index is 0.0133. The molecule has 0 amide bonds. The molecule has 0 heterocycles. The molecular weight excluding hydrogens is 230 g/mol. The van der Waals surface area contributed by atoms with Gasteiger partial charge in [-0.15, -0.1) is 0 Å². The van der Waals surface area contributed by atoms with Crippen molar-refractivity contribution in [2.75, 3.05) is 7.11 Å². The molecule has 0 atom stereocenters. The Kier molecular flexibility index (Phi) is 4.87. The van der Waals surface area contributed by atoms with Crippen LogP contribution in [0.1, 0.15) is 24.8 Å². The van der Waals surface area contributed by atoms with Crippen molar-refractivity contribution >= 4 is 5.97 Å². The molecule has 0 aliphatic carbocycles. The molecule has 0 aromatic heterocycles. The fourth-order valence-corrected chi connectivity index (χ4v) is 1.51.